The van der Waals surface area contributed by atoms with Crippen molar-refractivity contribution in [2.75, 3.05) is 0 Å². The second kappa shape index (κ2) is 12.2. The van der Waals surface area contributed by atoms with Crippen molar-refractivity contribution in [1.82, 2.24) is 9.55 Å². The number of aryl methyl sites for hydroxylation is 1. The van der Waals surface area contributed by atoms with E-state index in [-0.39, 0.29) is 11.3 Å². The van der Waals surface area contributed by atoms with Gasteiger partial charge in [-0.1, -0.05) is 89.2 Å². The predicted octanol–water partition coefficient (Wildman–Crippen LogP) is 12.2. The van der Waals surface area contributed by atoms with Crippen LogP contribution in [0.25, 0.3) is 27.6 Å². The Balaban J connectivity index is 1.14. The van der Waals surface area contributed by atoms with Gasteiger partial charge in [0.05, 0.1) is 11.2 Å². The average molecular weight is 710 g/mol. The summed E-state index contributed by atoms with van der Waals surface area (Å²) in [5, 5.41) is 2.34. The lowest BCUT2D eigenvalue weighted by atomic mass is 9.74. The van der Waals surface area contributed by atoms with Crippen LogP contribution in [0.4, 0.5) is 0 Å². The maximum absolute atomic E-state index is 7.13. The molecule has 0 spiro atoms. The smallest absolute Gasteiger partial charge is 0.218 e. The first-order valence-electron chi connectivity index (χ1n) is 19.1. The number of hydrogen-bond donors (Lipinski definition) is 0. The first-order chi connectivity index (χ1) is 25.8. The third-order valence-electron chi connectivity index (χ3n) is 11.8. The molecule has 9 rings (SSSR count). The van der Waals surface area contributed by atoms with E-state index in [1.165, 1.54) is 33.2 Å². The Morgan fingerprint density at radius 1 is 0.759 bits per heavy atom. The quantitative estimate of drug-likeness (QED) is 0.179. The third-order valence-corrected chi connectivity index (χ3v) is 11.8. The number of nitrogens with zero attached hydrogens (tertiary/aromatic N) is 3. The number of rotatable bonds is 5. The number of benzene rings is 5. The summed E-state index contributed by atoms with van der Waals surface area (Å²) in [4.78, 5) is 10.4. The Morgan fingerprint density at radius 3 is 2.24 bits per heavy atom. The number of pyridine rings is 1. The average Bonchev–Trinajstić information content (AvgIpc) is 3.60. The van der Waals surface area contributed by atoms with Crippen molar-refractivity contribution in [2.24, 2.45) is 4.99 Å². The van der Waals surface area contributed by atoms with Crippen molar-refractivity contribution in [1.29, 1.82) is 0 Å². The van der Waals surface area contributed by atoms with Gasteiger partial charge in [0.25, 0.3) is 0 Å². The van der Waals surface area contributed by atoms with Crippen LogP contribution < -0.4 is 4.74 Å². The highest BCUT2D eigenvalue weighted by Gasteiger charge is 2.57. The maximum atomic E-state index is 7.13. The monoisotopic (exact) mass is 709 g/mol. The van der Waals surface area contributed by atoms with Gasteiger partial charge in [0.15, 0.2) is 5.60 Å². The number of ether oxygens (including phenoxy) is 2. The summed E-state index contributed by atoms with van der Waals surface area (Å²) in [6, 6.07) is 41.2. The molecule has 0 saturated heterocycles. The van der Waals surface area contributed by atoms with Gasteiger partial charge in [-0.05, 0) is 127 Å². The van der Waals surface area contributed by atoms with E-state index in [2.05, 4.69) is 169 Å². The fourth-order valence-electron chi connectivity index (χ4n) is 8.64. The van der Waals surface area contributed by atoms with E-state index in [1.807, 2.05) is 12.3 Å². The molecule has 0 fully saturated rings. The Bertz CT molecular complexity index is 2660. The standard InChI is InChI=1S/C49H47N3O2/c1-30(2)34-25-35(46-51-48(7)42-17-11-9-14-32(42)24-33-15-10-12-18-43(33)49(48,8)54-46)27-39(26-34)53-38-23-31(3)22-37(29-38)52-44-20-19-36(47(4,5)6)28-41(44)40-16-13-21-50-45(40)52/h9-23,25-30H,24H2,1-8H3/t48-,49+/m1/s1. The highest BCUT2D eigenvalue weighted by molar-refractivity contribution is 6.08. The van der Waals surface area contributed by atoms with E-state index in [0.717, 1.165) is 56.8 Å². The number of aromatic nitrogens is 2. The Labute approximate surface area is 318 Å². The fourth-order valence-corrected chi connectivity index (χ4v) is 8.64. The van der Waals surface area contributed by atoms with Gasteiger partial charge in [-0.2, -0.15) is 0 Å². The lowest BCUT2D eigenvalue weighted by molar-refractivity contribution is 0.0289. The Kier molecular flexibility index (Phi) is 7.69. The van der Waals surface area contributed by atoms with Crippen LogP contribution in [0.1, 0.15) is 98.9 Å². The first-order valence-corrected chi connectivity index (χ1v) is 19.1. The molecule has 0 unspecified atom stereocenters. The molecule has 0 N–H and O–H groups in total. The lowest BCUT2D eigenvalue weighted by Gasteiger charge is -2.38. The molecule has 5 nitrogen and oxygen atoms in total. The summed E-state index contributed by atoms with van der Waals surface area (Å²) in [6.45, 7) is 17.8. The molecule has 0 saturated carbocycles. The molecule has 2 aromatic heterocycles. The maximum Gasteiger partial charge on any atom is 0.218 e. The van der Waals surface area contributed by atoms with Crippen molar-refractivity contribution >= 4 is 27.8 Å². The molecule has 0 amide bonds. The number of fused-ring (bicyclic) bond motifs is 8. The molecule has 0 bridgehead atoms. The summed E-state index contributed by atoms with van der Waals surface area (Å²) in [5.41, 5.74) is 11.2. The van der Waals surface area contributed by atoms with Crippen LogP contribution in [0, 0.1) is 6.92 Å². The van der Waals surface area contributed by atoms with E-state index < -0.39 is 11.1 Å². The summed E-state index contributed by atoms with van der Waals surface area (Å²) >= 11 is 0. The van der Waals surface area contributed by atoms with Crippen molar-refractivity contribution < 1.29 is 9.47 Å². The van der Waals surface area contributed by atoms with Crippen LogP contribution in [-0.4, -0.2) is 15.4 Å². The molecule has 54 heavy (non-hydrogen) atoms. The lowest BCUT2D eigenvalue weighted by Crippen LogP contribution is -2.42. The Morgan fingerprint density at radius 2 is 1.48 bits per heavy atom. The first kappa shape index (κ1) is 34.1. The third kappa shape index (κ3) is 5.35. The topological polar surface area (TPSA) is 48.6 Å². The van der Waals surface area contributed by atoms with Crippen LogP contribution in [0.3, 0.4) is 0 Å². The van der Waals surface area contributed by atoms with Crippen LogP contribution in [-0.2, 0) is 27.7 Å². The number of aliphatic imine (C=N–C) groups is 1. The highest BCUT2D eigenvalue weighted by Crippen LogP contribution is 2.55. The van der Waals surface area contributed by atoms with Gasteiger partial charge in [-0.3, -0.25) is 4.57 Å². The van der Waals surface area contributed by atoms with Crippen molar-refractivity contribution in [3.05, 3.63) is 166 Å². The molecule has 5 aromatic carbocycles. The van der Waals surface area contributed by atoms with E-state index >= 15 is 0 Å². The normalized spacial score (nSPS) is 19.2. The van der Waals surface area contributed by atoms with E-state index in [0.29, 0.717) is 5.90 Å². The zero-order valence-electron chi connectivity index (χ0n) is 32.5. The summed E-state index contributed by atoms with van der Waals surface area (Å²) in [6.07, 6.45) is 2.73. The molecular weight excluding hydrogens is 663 g/mol. The Hall–Kier alpha value is -5.68. The van der Waals surface area contributed by atoms with Gasteiger partial charge in [0, 0.05) is 34.2 Å². The largest absolute Gasteiger partial charge is 0.463 e. The highest BCUT2D eigenvalue weighted by atomic mass is 16.5. The van der Waals surface area contributed by atoms with Crippen molar-refractivity contribution in [2.45, 2.75) is 84.3 Å². The van der Waals surface area contributed by atoms with Gasteiger partial charge >= 0.3 is 0 Å². The molecule has 2 aliphatic rings. The summed E-state index contributed by atoms with van der Waals surface area (Å²) in [7, 11) is 0. The zero-order chi connectivity index (χ0) is 37.6. The molecular formula is C49H47N3O2. The minimum Gasteiger partial charge on any atom is -0.463 e. The van der Waals surface area contributed by atoms with Gasteiger partial charge in [-0.25, -0.2) is 9.98 Å². The van der Waals surface area contributed by atoms with Crippen molar-refractivity contribution in [3.8, 4) is 17.2 Å². The van der Waals surface area contributed by atoms with Gasteiger partial charge in [0.1, 0.15) is 22.7 Å². The second-order valence-electron chi connectivity index (χ2n) is 16.9. The molecule has 2 atom stereocenters. The molecule has 1 aliphatic carbocycles. The predicted molar refractivity (Wildman–Crippen MR) is 221 cm³/mol. The summed E-state index contributed by atoms with van der Waals surface area (Å²) < 4.78 is 16.2. The molecule has 5 heteroatoms. The van der Waals surface area contributed by atoms with E-state index in [9.17, 15) is 0 Å². The minimum atomic E-state index is -0.699. The van der Waals surface area contributed by atoms with Crippen LogP contribution in [0.2, 0.25) is 0 Å². The summed E-state index contributed by atoms with van der Waals surface area (Å²) in [5.74, 6) is 2.41. The number of hydrogen-bond acceptors (Lipinski definition) is 4. The van der Waals surface area contributed by atoms with Gasteiger partial charge < -0.3 is 9.47 Å². The van der Waals surface area contributed by atoms with Crippen LogP contribution >= 0.6 is 0 Å². The molecule has 7 aromatic rings. The van der Waals surface area contributed by atoms with Crippen LogP contribution in [0.5, 0.6) is 11.5 Å². The van der Waals surface area contributed by atoms with Crippen LogP contribution in [0.15, 0.2) is 126 Å². The zero-order valence-corrected chi connectivity index (χ0v) is 32.5. The molecule has 0 radical (unpaired) electrons. The SMILES string of the molecule is Cc1cc(Oc2cc(C3=N[C@]4(C)c5ccccc5Cc5ccccc5[C@]4(C)O3)cc(C(C)C)c2)cc(-n2c3ccc(C(C)(C)C)cc3c3cccnc32)c1. The van der Waals surface area contributed by atoms with E-state index in [4.69, 9.17) is 19.5 Å². The van der Waals surface area contributed by atoms with E-state index in [1.54, 1.807) is 0 Å². The molecule has 1 aliphatic heterocycles. The van der Waals surface area contributed by atoms with Gasteiger partial charge in [-0.15, -0.1) is 0 Å². The minimum absolute atomic E-state index is 0.0371. The second-order valence-corrected chi connectivity index (χ2v) is 16.9. The van der Waals surface area contributed by atoms with Crippen molar-refractivity contribution in [3.63, 3.8) is 0 Å². The molecule has 3 heterocycles. The van der Waals surface area contributed by atoms with Gasteiger partial charge in [0.2, 0.25) is 5.90 Å². The fraction of sp³-hybridized carbons (Fsp3) is 0.265. The molecule has 270 valence electrons.